The Labute approximate surface area is 319 Å². The van der Waals surface area contributed by atoms with Gasteiger partial charge in [0, 0.05) is 31.6 Å². The molecular weight excluding hydrogens is 733 g/mol. The third-order valence-corrected chi connectivity index (χ3v) is 12.8. The van der Waals surface area contributed by atoms with Gasteiger partial charge in [-0.25, -0.2) is 18.2 Å². The number of nitrogens with one attached hydrogen (secondary N) is 1. The lowest BCUT2D eigenvalue weighted by Gasteiger charge is -2.38. The van der Waals surface area contributed by atoms with Gasteiger partial charge in [-0.3, -0.25) is 4.79 Å². The van der Waals surface area contributed by atoms with Crippen molar-refractivity contribution < 1.29 is 23.1 Å². The van der Waals surface area contributed by atoms with Crippen LogP contribution in [0, 0.1) is 16.2 Å². The lowest BCUT2D eigenvalue weighted by molar-refractivity contribution is -0.130. The highest BCUT2D eigenvalue weighted by Gasteiger charge is 2.44. The number of aliphatic hydroxyl groups excluding tert-OH is 1. The van der Waals surface area contributed by atoms with Gasteiger partial charge in [-0.2, -0.15) is 9.21 Å². The first-order valence-corrected chi connectivity index (χ1v) is 20.8. The van der Waals surface area contributed by atoms with Gasteiger partial charge in [0.15, 0.2) is 0 Å². The standard InChI is InChI=1S/C38H48N6O6S3/c1-26(2)22-43(53(49,50)30-15-13-28(14-16-30)21-39-48)24-32(45)31(20-27-10-7-6-8-11-27)41-35(46)34(38(3,4)5)44-18-17-42(37(44)47)23-29-25-52-36(40-29)33-12-9-19-51-33/h6-16,19,25-26,31-32,34,45H,17-18,20-24H2,1-5H3,(H,41,46)/t31-,32+,34+/m0/s1. The highest BCUT2D eigenvalue weighted by Crippen LogP contribution is 2.31. The predicted octanol–water partition coefficient (Wildman–Crippen LogP) is 6.23. The van der Waals surface area contributed by atoms with Crippen LogP contribution in [0.5, 0.6) is 0 Å². The fourth-order valence-electron chi connectivity index (χ4n) is 6.50. The molecule has 3 amide bonds. The molecule has 0 saturated carbocycles. The van der Waals surface area contributed by atoms with Crippen molar-refractivity contribution in [1.82, 2.24) is 24.4 Å². The molecule has 0 radical (unpaired) electrons. The van der Waals surface area contributed by atoms with Gasteiger partial charge in [0.1, 0.15) is 17.6 Å². The SMILES string of the molecule is CC(C)CN(C[C@@H](O)[C@H](Cc1ccccc1)NC(=O)[C@@H](N1CCN(Cc2csc(-c3cccs3)n2)C1=O)C(C)(C)C)S(=O)(=O)c1ccc(CN=O)cc1. The number of sulfonamides is 1. The monoisotopic (exact) mass is 780 g/mol. The van der Waals surface area contributed by atoms with Crippen molar-refractivity contribution >= 4 is 44.6 Å². The Kier molecular flexibility index (Phi) is 13.2. The van der Waals surface area contributed by atoms with Gasteiger partial charge in [0.05, 0.1) is 34.2 Å². The van der Waals surface area contributed by atoms with Gasteiger partial charge in [0.2, 0.25) is 15.9 Å². The van der Waals surface area contributed by atoms with Crippen molar-refractivity contribution in [3.05, 3.63) is 99.2 Å². The van der Waals surface area contributed by atoms with Gasteiger partial charge in [-0.1, -0.05) is 88.3 Å². The molecule has 2 aromatic carbocycles. The second-order valence-corrected chi connectivity index (χ2v) is 18.6. The van der Waals surface area contributed by atoms with Crippen molar-refractivity contribution in [1.29, 1.82) is 0 Å². The Hall–Kier alpha value is -4.02. The van der Waals surface area contributed by atoms with E-state index < -0.39 is 39.5 Å². The minimum absolute atomic E-state index is 0.0222. The number of rotatable bonds is 17. The quantitative estimate of drug-likeness (QED) is 0.121. The topological polar surface area (TPSA) is 153 Å². The Morgan fingerprint density at radius 2 is 1.72 bits per heavy atom. The number of amides is 3. The second-order valence-electron chi connectivity index (χ2n) is 14.8. The highest BCUT2D eigenvalue weighted by atomic mass is 32.2. The zero-order valence-electron chi connectivity index (χ0n) is 30.7. The van der Waals surface area contributed by atoms with Crippen LogP contribution in [0.15, 0.2) is 87.6 Å². The maximum atomic E-state index is 14.4. The van der Waals surface area contributed by atoms with Gasteiger partial charge in [-0.15, -0.1) is 22.7 Å². The lowest BCUT2D eigenvalue weighted by Crippen LogP contribution is -2.59. The third kappa shape index (κ3) is 10.1. The Bertz CT molecular complexity index is 1930. The van der Waals surface area contributed by atoms with Crippen LogP contribution >= 0.6 is 22.7 Å². The third-order valence-electron chi connectivity index (χ3n) is 9.00. The van der Waals surface area contributed by atoms with Gasteiger partial charge in [-0.05, 0) is 52.5 Å². The predicted molar refractivity (Wildman–Crippen MR) is 209 cm³/mol. The Balaban J connectivity index is 1.36. The molecule has 3 heterocycles. The summed E-state index contributed by atoms with van der Waals surface area (Å²) in [6, 6.07) is 17.3. The first-order chi connectivity index (χ1) is 25.2. The van der Waals surface area contributed by atoms with E-state index in [0.717, 1.165) is 21.1 Å². The van der Waals surface area contributed by atoms with Gasteiger partial charge < -0.3 is 20.2 Å². The number of aromatic nitrogens is 1. The van der Waals surface area contributed by atoms with Crippen LogP contribution in [-0.4, -0.2) is 88.9 Å². The molecule has 1 aliphatic rings. The number of urea groups is 1. The number of nitrogens with zero attached hydrogens (tertiary/aromatic N) is 5. The smallest absolute Gasteiger partial charge is 0.321 e. The van der Waals surface area contributed by atoms with Crippen LogP contribution in [-0.2, 0) is 34.3 Å². The van der Waals surface area contributed by atoms with E-state index >= 15 is 0 Å². The molecule has 0 aliphatic carbocycles. The molecule has 2 aromatic heterocycles. The molecule has 0 spiro atoms. The summed E-state index contributed by atoms with van der Waals surface area (Å²) >= 11 is 3.14. The van der Waals surface area contributed by atoms with Crippen molar-refractivity contribution in [3.63, 3.8) is 0 Å². The molecule has 284 valence electrons. The fourth-order valence-corrected chi connectivity index (χ4v) is 9.74. The molecule has 3 atom stereocenters. The van der Waals surface area contributed by atoms with Crippen molar-refractivity contribution in [2.24, 2.45) is 16.5 Å². The Morgan fingerprint density at radius 3 is 2.34 bits per heavy atom. The molecule has 1 fully saturated rings. The zero-order chi connectivity index (χ0) is 38.3. The molecule has 4 aromatic rings. The van der Waals surface area contributed by atoms with E-state index in [2.05, 4.69) is 10.5 Å². The van der Waals surface area contributed by atoms with Crippen LogP contribution in [0.1, 0.15) is 51.4 Å². The molecule has 0 unspecified atom stereocenters. The molecule has 53 heavy (non-hydrogen) atoms. The Morgan fingerprint density at radius 1 is 1.00 bits per heavy atom. The first-order valence-electron chi connectivity index (χ1n) is 17.6. The van der Waals surface area contributed by atoms with Crippen LogP contribution in [0.2, 0.25) is 0 Å². The van der Waals surface area contributed by atoms with E-state index in [4.69, 9.17) is 4.98 Å². The van der Waals surface area contributed by atoms with E-state index in [9.17, 15) is 28.0 Å². The molecule has 5 rings (SSSR count). The van der Waals surface area contributed by atoms with E-state index in [1.54, 1.807) is 33.3 Å². The highest BCUT2D eigenvalue weighted by molar-refractivity contribution is 7.89. The summed E-state index contributed by atoms with van der Waals surface area (Å²) in [5.41, 5.74) is 1.53. The van der Waals surface area contributed by atoms with E-state index in [1.807, 2.05) is 87.8 Å². The molecule has 2 N–H and O–H groups in total. The van der Waals surface area contributed by atoms with E-state index in [0.29, 0.717) is 25.2 Å². The number of hydrogen-bond donors (Lipinski definition) is 2. The van der Waals surface area contributed by atoms with Crippen molar-refractivity contribution in [2.45, 2.75) is 77.2 Å². The summed E-state index contributed by atoms with van der Waals surface area (Å²) in [6.07, 6.45) is -1.08. The summed E-state index contributed by atoms with van der Waals surface area (Å²) in [4.78, 5) is 48.1. The number of aliphatic hydroxyl groups is 1. The molecule has 1 saturated heterocycles. The zero-order valence-corrected chi connectivity index (χ0v) is 33.2. The number of hydrogen-bond acceptors (Lipinski definition) is 10. The summed E-state index contributed by atoms with van der Waals surface area (Å²) in [6.45, 7) is 10.3. The number of thiazole rings is 1. The second kappa shape index (κ2) is 17.4. The number of thiophene rings is 1. The van der Waals surface area contributed by atoms with Crippen molar-refractivity contribution in [3.8, 4) is 9.88 Å². The van der Waals surface area contributed by atoms with Crippen LogP contribution in [0.3, 0.4) is 0 Å². The van der Waals surface area contributed by atoms with Crippen molar-refractivity contribution in [2.75, 3.05) is 26.2 Å². The summed E-state index contributed by atoms with van der Waals surface area (Å²) in [5.74, 6) is -0.502. The number of nitroso groups, excluding NO2 is 1. The van der Waals surface area contributed by atoms with E-state index in [-0.39, 0.29) is 42.9 Å². The maximum absolute atomic E-state index is 14.4. The molecule has 12 nitrogen and oxygen atoms in total. The van der Waals surface area contributed by atoms with E-state index in [1.165, 1.54) is 27.8 Å². The first kappa shape index (κ1) is 40.2. The van der Waals surface area contributed by atoms with Gasteiger partial charge in [0.25, 0.3) is 0 Å². The largest absolute Gasteiger partial charge is 0.390 e. The van der Waals surface area contributed by atoms with Crippen LogP contribution in [0.4, 0.5) is 4.79 Å². The van der Waals surface area contributed by atoms with Crippen LogP contribution < -0.4 is 5.32 Å². The average molecular weight is 781 g/mol. The summed E-state index contributed by atoms with van der Waals surface area (Å²) in [5, 5.41) is 22.6. The average Bonchev–Trinajstić information content (AvgIpc) is 3.88. The number of benzene rings is 2. The molecule has 0 bridgehead atoms. The number of carbonyl (C=O) groups excluding carboxylic acids is 2. The fraction of sp³-hybridized carbons (Fsp3) is 0.447. The molecule has 15 heteroatoms. The maximum Gasteiger partial charge on any atom is 0.321 e. The summed E-state index contributed by atoms with van der Waals surface area (Å²) in [7, 11) is -4.07. The minimum Gasteiger partial charge on any atom is -0.390 e. The normalized spacial score (nSPS) is 15.6. The van der Waals surface area contributed by atoms with Gasteiger partial charge >= 0.3 is 6.03 Å². The molecule has 1 aliphatic heterocycles. The summed E-state index contributed by atoms with van der Waals surface area (Å²) < 4.78 is 29.1. The van der Waals surface area contributed by atoms with Crippen LogP contribution in [0.25, 0.3) is 9.88 Å². The lowest BCUT2D eigenvalue weighted by atomic mass is 9.84. The minimum atomic E-state index is -4.07. The molecular formula is C38H48N6O6S3. The number of carbonyl (C=O) groups is 2.